The first-order valence-corrected chi connectivity index (χ1v) is 5.23. The average Bonchev–Trinajstić information content (AvgIpc) is 2.17. The molecule has 0 bridgehead atoms. The van der Waals surface area contributed by atoms with Gasteiger partial charge in [-0.3, -0.25) is 0 Å². The van der Waals surface area contributed by atoms with Gasteiger partial charge in [0, 0.05) is 5.75 Å². The molecule has 0 aliphatic rings. The second kappa shape index (κ2) is 5.36. The minimum absolute atomic E-state index is 0.469. The van der Waals surface area contributed by atoms with Gasteiger partial charge in [0.15, 0.2) is 0 Å². The minimum Gasteiger partial charge on any atom is -0.394 e. The second-order valence-corrected chi connectivity index (χ2v) is 4.01. The van der Waals surface area contributed by atoms with Crippen molar-refractivity contribution in [1.82, 2.24) is 0 Å². The number of benzene rings is 1. The summed E-state index contributed by atoms with van der Waals surface area (Å²) in [7, 11) is 0. The summed E-state index contributed by atoms with van der Waals surface area (Å²) >= 11 is 1.52. The third kappa shape index (κ3) is 3.55. The number of nitrogens with two attached hydrogens (primary N) is 1. The normalized spacial score (nSPS) is 9.36. The van der Waals surface area contributed by atoms with Crippen molar-refractivity contribution in [2.45, 2.75) is 12.2 Å². The van der Waals surface area contributed by atoms with Crippen LogP contribution in [0.4, 0.5) is 0 Å². The first-order chi connectivity index (χ1) is 6.72. The predicted molar refractivity (Wildman–Crippen MR) is 60.4 cm³/mol. The van der Waals surface area contributed by atoms with Gasteiger partial charge < -0.3 is 5.73 Å². The Bertz CT molecular complexity index is 349. The van der Waals surface area contributed by atoms with Crippen molar-refractivity contribution in [2.24, 2.45) is 5.73 Å². The van der Waals surface area contributed by atoms with Crippen LogP contribution >= 0.6 is 11.8 Å². The quantitative estimate of drug-likeness (QED) is 0.819. The van der Waals surface area contributed by atoms with Crippen LogP contribution in [-0.4, -0.2) is 0 Å². The van der Waals surface area contributed by atoms with E-state index in [1.54, 1.807) is 0 Å². The topological polar surface area (TPSA) is 49.8 Å². The van der Waals surface area contributed by atoms with Crippen LogP contribution in [0.5, 0.6) is 0 Å². The van der Waals surface area contributed by atoms with Gasteiger partial charge >= 0.3 is 0 Å². The first kappa shape index (κ1) is 10.7. The molecule has 0 radical (unpaired) electrons. The summed E-state index contributed by atoms with van der Waals surface area (Å²) in [5.74, 6) is 0.835. The molecule has 14 heavy (non-hydrogen) atoms. The van der Waals surface area contributed by atoms with E-state index in [4.69, 9.17) is 11.0 Å². The van der Waals surface area contributed by atoms with Crippen LogP contribution in [0.15, 0.2) is 35.9 Å². The Balaban J connectivity index is 2.56. The van der Waals surface area contributed by atoms with Gasteiger partial charge in [0.2, 0.25) is 0 Å². The molecule has 0 aliphatic carbocycles. The molecule has 1 aromatic carbocycles. The highest BCUT2D eigenvalue weighted by Crippen LogP contribution is 2.16. The van der Waals surface area contributed by atoms with Crippen molar-refractivity contribution in [1.29, 1.82) is 5.26 Å². The van der Waals surface area contributed by atoms with E-state index in [0.717, 1.165) is 11.3 Å². The second-order valence-electron chi connectivity index (χ2n) is 2.91. The number of nitriles is 1. The zero-order valence-corrected chi connectivity index (χ0v) is 8.68. The Morgan fingerprint density at radius 2 is 1.93 bits per heavy atom. The highest BCUT2D eigenvalue weighted by Gasteiger charge is 1.95. The van der Waals surface area contributed by atoms with Crippen LogP contribution in [0, 0.1) is 11.3 Å². The summed E-state index contributed by atoms with van der Waals surface area (Å²) in [5.41, 5.74) is 7.69. The summed E-state index contributed by atoms with van der Waals surface area (Å²) in [6.07, 6.45) is 0.469. The molecule has 2 nitrogen and oxygen atoms in total. The molecular formula is C11H12N2S. The standard InChI is InChI=1S/C11H12N2S/c1-9(13)14-8-11-4-2-10(3-5-11)6-7-12/h2-5H,1,6,8,13H2. The molecule has 1 rings (SSSR count). The lowest BCUT2D eigenvalue weighted by atomic mass is 10.1. The van der Waals surface area contributed by atoms with Crippen molar-refractivity contribution in [3.63, 3.8) is 0 Å². The molecule has 0 spiro atoms. The van der Waals surface area contributed by atoms with E-state index >= 15 is 0 Å². The minimum atomic E-state index is 0.469. The fourth-order valence-electron chi connectivity index (χ4n) is 1.02. The number of hydrogen-bond donors (Lipinski definition) is 1. The van der Waals surface area contributed by atoms with Crippen LogP contribution in [0.2, 0.25) is 0 Å². The Kier molecular flexibility index (Phi) is 4.09. The summed E-state index contributed by atoms with van der Waals surface area (Å²) in [6, 6.07) is 10.1. The average molecular weight is 204 g/mol. The number of rotatable bonds is 4. The van der Waals surface area contributed by atoms with Crippen molar-refractivity contribution in [2.75, 3.05) is 0 Å². The molecule has 0 heterocycles. The van der Waals surface area contributed by atoms with Crippen LogP contribution in [0.25, 0.3) is 0 Å². The van der Waals surface area contributed by atoms with Crippen LogP contribution in [-0.2, 0) is 12.2 Å². The first-order valence-electron chi connectivity index (χ1n) is 4.24. The largest absolute Gasteiger partial charge is 0.394 e. The molecule has 0 unspecified atom stereocenters. The van der Waals surface area contributed by atoms with E-state index in [1.165, 1.54) is 17.3 Å². The molecule has 3 heteroatoms. The van der Waals surface area contributed by atoms with E-state index in [-0.39, 0.29) is 0 Å². The maximum atomic E-state index is 8.48. The molecule has 1 aromatic rings. The lowest BCUT2D eigenvalue weighted by molar-refractivity contribution is 1.25. The summed E-state index contributed by atoms with van der Waals surface area (Å²) in [6.45, 7) is 3.61. The van der Waals surface area contributed by atoms with Crippen LogP contribution in [0.3, 0.4) is 0 Å². The third-order valence-electron chi connectivity index (χ3n) is 1.73. The highest BCUT2D eigenvalue weighted by atomic mass is 32.2. The SMILES string of the molecule is C=C(N)SCc1ccc(CC#N)cc1. The maximum Gasteiger partial charge on any atom is 0.0669 e. The van der Waals surface area contributed by atoms with E-state index < -0.39 is 0 Å². The molecular weight excluding hydrogens is 192 g/mol. The molecule has 0 fully saturated rings. The van der Waals surface area contributed by atoms with Crippen LogP contribution in [0.1, 0.15) is 11.1 Å². The molecule has 0 saturated heterocycles. The highest BCUT2D eigenvalue weighted by molar-refractivity contribution is 8.02. The Morgan fingerprint density at radius 1 is 1.36 bits per heavy atom. The molecule has 0 saturated carbocycles. The summed E-state index contributed by atoms with van der Waals surface area (Å²) in [4.78, 5) is 0. The monoisotopic (exact) mass is 204 g/mol. The molecule has 0 aliphatic heterocycles. The van der Waals surface area contributed by atoms with Gasteiger partial charge in [-0.05, 0) is 11.1 Å². The molecule has 0 amide bonds. The van der Waals surface area contributed by atoms with Gasteiger partial charge in [0.25, 0.3) is 0 Å². The Labute approximate surface area is 88.4 Å². The summed E-state index contributed by atoms with van der Waals surface area (Å²) < 4.78 is 0. The molecule has 0 atom stereocenters. The van der Waals surface area contributed by atoms with Crippen molar-refractivity contribution in [3.05, 3.63) is 47.0 Å². The molecule has 72 valence electrons. The molecule has 2 N–H and O–H groups in total. The van der Waals surface area contributed by atoms with Gasteiger partial charge in [0.05, 0.1) is 17.5 Å². The third-order valence-corrected chi connectivity index (χ3v) is 2.58. The van der Waals surface area contributed by atoms with Gasteiger partial charge in [-0.1, -0.05) is 30.8 Å². The smallest absolute Gasteiger partial charge is 0.0669 e. The van der Waals surface area contributed by atoms with Crippen molar-refractivity contribution < 1.29 is 0 Å². The van der Waals surface area contributed by atoms with E-state index in [9.17, 15) is 0 Å². The van der Waals surface area contributed by atoms with Gasteiger partial charge in [0.1, 0.15) is 0 Å². The fraction of sp³-hybridized carbons (Fsp3) is 0.182. The fourth-order valence-corrected chi connectivity index (χ4v) is 1.57. The van der Waals surface area contributed by atoms with Crippen molar-refractivity contribution in [3.8, 4) is 6.07 Å². The Hall–Kier alpha value is -1.40. The Morgan fingerprint density at radius 3 is 2.43 bits per heavy atom. The summed E-state index contributed by atoms with van der Waals surface area (Å²) in [5, 5.41) is 9.11. The lowest BCUT2D eigenvalue weighted by Crippen LogP contribution is -1.90. The van der Waals surface area contributed by atoms with Gasteiger partial charge in [-0.15, -0.1) is 11.8 Å². The van der Waals surface area contributed by atoms with Gasteiger partial charge in [-0.25, -0.2) is 0 Å². The van der Waals surface area contributed by atoms with Crippen LogP contribution < -0.4 is 5.73 Å². The lowest BCUT2D eigenvalue weighted by Gasteiger charge is -2.01. The molecule has 0 aromatic heterocycles. The number of thioether (sulfide) groups is 1. The van der Waals surface area contributed by atoms with Gasteiger partial charge in [-0.2, -0.15) is 5.26 Å². The number of hydrogen-bond acceptors (Lipinski definition) is 3. The zero-order valence-electron chi connectivity index (χ0n) is 7.86. The van der Waals surface area contributed by atoms with E-state index in [1.807, 2.05) is 24.3 Å². The van der Waals surface area contributed by atoms with E-state index in [2.05, 4.69) is 12.6 Å². The number of nitrogens with zero attached hydrogens (tertiary/aromatic N) is 1. The van der Waals surface area contributed by atoms with E-state index in [0.29, 0.717) is 11.4 Å². The predicted octanol–water partition coefficient (Wildman–Crippen LogP) is 2.42. The van der Waals surface area contributed by atoms with Crippen molar-refractivity contribution >= 4 is 11.8 Å². The zero-order chi connectivity index (χ0) is 10.4. The maximum absolute atomic E-state index is 8.48.